The summed E-state index contributed by atoms with van der Waals surface area (Å²) in [4.78, 5) is 5.16. The van der Waals surface area contributed by atoms with Gasteiger partial charge in [-0.1, -0.05) is 136 Å². The normalized spacial score (nSPS) is 13.1. The van der Waals surface area contributed by atoms with Gasteiger partial charge in [0, 0.05) is 32.1 Å². The number of anilines is 6. The fourth-order valence-electron chi connectivity index (χ4n) is 10.8. The highest BCUT2D eigenvalue weighted by atomic mass is 32.1. The molecule has 13 rings (SSSR count). The molecule has 0 unspecified atom stereocenters. The third kappa shape index (κ3) is 5.43. The lowest BCUT2D eigenvalue weighted by atomic mass is 9.33. The van der Waals surface area contributed by atoms with E-state index in [2.05, 4.69) is 200 Å². The molecule has 0 fully saturated rings. The molecule has 0 saturated carbocycles. The third-order valence-corrected chi connectivity index (χ3v) is 16.3. The predicted octanol–water partition coefficient (Wildman–Crippen LogP) is 15.0. The topological polar surface area (TPSA) is 6.48 Å². The van der Waals surface area contributed by atoms with Gasteiger partial charge < -0.3 is 9.80 Å². The molecule has 2 nitrogen and oxygen atoms in total. The highest BCUT2D eigenvalue weighted by molar-refractivity contribution is 7.29. The number of aryl methyl sites for hydroxylation is 3. The second-order valence-corrected chi connectivity index (χ2v) is 19.3. The van der Waals surface area contributed by atoms with Crippen LogP contribution in [-0.4, -0.2) is 6.71 Å². The summed E-state index contributed by atoms with van der Waals surface area (Å²) < 4.78 is 2.70. The summed E-state index contributed by atoms with van der Waals surface area (Å²) in [6.07, 6.45) is 3.04. The van der Waals surface area contributed by atoms with Gasteiger partial charge in [0.05, 0.1) is 10.0 Å². The molecule has 0 radical (unpaired) electrons. The first-order valence-electron chi connectivity index (χ1n) is 22.5. The highest BCUT2D eigenvalue weighted by Gasteiger charge is 2.46. The number of benzene rings is 9. The molecule has 0 amide bonds. The molecular weight excluding hydrogens is 800 g/mol. The van der Waals surface area contributed by atoms with E-state index in [-0.39, 0.29) is 6.71 Å². The van der Waals surface area contributed by atoms with Crippen molar-refractivity contribution in [2.45, 2.75) is 40.0 Å². The van der Waals surface area contributed by atoms with Crippen molar-refractivity contribution in [2.75, 3.05) is 9.80 Å². The van der Waals surface area contributed by atoms with Crippen LogP contribution in [-0.2, 0) is 19.3 Å². The average molecular weight is 843 g/mol. The molecule has 2 aliphatic rings. The van der Waals surface area contributed by atoms with E-state index in [9.17, 15) is 0 Å². The Kier molecular flexibility index (Phi) is 8.32. The Hall–Kier alpha value is -6.66. The Balaban J connectivity index is 1.03. The van der Waals surface area contributed by atoms with E-state index in [0.29, 0.717) is 0 Å². The molecular formula is C58H43BN2S2. The van der Waals surface area contributed by atoms with Gasteiger partial charge in [0.15, 0.2) is 0 Å². The van der Waals surface area contributed by atoms with Gasteiger partial charge in [-0.15, -0.1) is 22.7 Å². The standard InChI is InChI=1S/C58H43BN2S2/c1-4-35-18-25-40(26-19-35)60-50-16-11-17-51-56(50)59(54-48-32-36(5-2)20-30-52(48)62-57(54)60)55-49-33-37(6-3)21-31-53(49)63-58(55)61(51)41-27-22-38(23-28-41)39-24-29-46-44-14-8-7-12-42(44)43-13-9-10-15-45(43)47(46)34-39/h7-34H,4-6H2,1-3H3. The third-order valence-electron chi connectivity index (χ3n) is 14.0. The van der Waals surface area contributed by atoms with Gasteiger partial charge in [-0.05, 0) is 161 Å². The van der Waals surface area contributed by atoms with Crippen LogP contribution in [0.1, 0.15) is 37.5 Å². The van der Waals surface area contributed by atoms with Crippen LogP contribution in [0, 0.1) is 0 Å². The Labute approximate surface area is 376 Å². The van der Waals surface area contributed by atoms with Gasteiger partial charge in [0.2, 0.25) is 0 Å². The van der Waals surface area contributed by atoms with Crippen LogP contribution < -0.4 is 26.2 Å². The minimum Gasteiger partial charge on any atom is -0.303 e. The molecule has 2 aliphatic heterocycles. The van der Waals surface area contributed by atoms with Crippen molar-refractivity contribution in [1.82, 2.24) is 0 Å². The number of nitrogens with zero attached hydrogens (tertiary/aromatic N) is 2. The average Bonchev–Trinajstić information content (AvgIpc) is 3.92. The van der Waals surface area contributed by atoms with E-state index in [0.717, 1.165) is 19.3 Å². The van der Waals surface area contributed by atoms with Gasteiger partial charge in [-0.3, -0.25) is 0 Å². The quantitative estimate of drug-likeness (QED) is 0.122. The van der Waals surface area contributed by atoms with Crippen LogP contribution >= 0.6 is 22.7 Å². The molecule has 0 bridgehead atoms. The summed E-state index contributed by atoms with van der Waals surface area (Å²) in [5.41, 5.74) is 15.8. The first-order valence-corrected chi connectivity index (χ1v) is 24.1. The number of hydrogen-bond donors (Lipinski definition) is 0. The smallest absolute Gasteiger partial charge is 0.256 e. The molecule has 63 heavy (non-hydrogen) atoms. The van der Waals surface area contributed by atoms with Gasteiger partial charge in [-0.25, -0.2) is 0 Å². The van der Waals surface area contributed by atoms with E-state index in [1.54, 1.807) is 0 Å². The molecule has 11 aromatic rings. The molecule has 0 N–H and O–H groups in total. The summed E-state index contributed by atoms with van der Waals surface area (Å²) in [7, 11) is 0. The van der Waals surface area contributed by atoms with Crippen LogP contribution in [0.2, 0.25) is 0 Å². The second kappa shape index (κ2) is 14.2. The molecule has 300 valence electrons. The molecule has 9 aromatic carbocycles. The van der Waals surface area contributed by atoms with Crippen LogP contribution in [0.15, 0.2) is 170 Å². The summed E-state index contributed by atoms with van der Waals surface area (Å²) >= 11 is 3.89. The monoisotopic (exact) mass is 842 g/mol. The zero-order valence-corrected chi connectivity index (χ0v) is 37.2. The molecule has 5 heteroatoms. The van der Waals surface area contributed by atoms with Crippen LogP contribution in [0.4, 0.5) is 32.8 Å². The summed E-state index contributed by atoms with van der Waals surface area (Å²) in [6, 6.07) is 64.8. The van der Waals surface area contributed by atoms with Crippen molar-refractivity contribution in [3.8, 4) is 11.1 Å². The largest absolute Gasteiger partial charge is 0.303 e. The molecule has 0 aliphatic carbocycles. The SMILES string of the molecule is CCc1ccc(N2c3cccc4c3B(c3c2sc2ccc(CC)cc32)c2c(sc3ccc(CC)cc23)N4c2ccc(-c3ccc4c5ccccc5c5ccccc5c4c3)cc2)cc1. The Morgan fingerprint density at radius 2 is 0.810 bits per heavy atom. The first kappa shape index (κ1) is 36.9. The maximum atomic E-state index is 2.58. The van der Waals surface area contributed by atoms with Crippen LogP contribution in [0.5, 0.6) is 0 Å². The zero-order chi connectivity index (χ0) is 41.9. The second-order valence-electron chi connectivity index (χ2n) is 17.2. The molecule has 0 spiro atoms. The fraction of sp³-hybridized carbons (Fsp3) is 0.103. The van der Waals surface area contributed by atoms with Crippen molar-refractivity contribution in [3.05, 3.63) is 187 Å². The minimum atomic E-state index is 0.0908. The van der Waals surface area contributed by atoms with Crippen molar-refractivity contribution < 1.29 is 0 Å². The van der Waals surface area contributed by atoms with E-state index in [4.69, 9.17) is 0 Å². The van der Waals surface area contributed by atoms with Crippen molar-refractivity contribution >= 4 is 131 Å². The number of hydrogen-bond acceptors (Lipinski definition) is 4. The maximum Gasteiger partial charge on any atom is 0.256 e. The van der Waals surface area contributed by atoms with Crippen LogP contribution in [0.3, 0.4) is 0 Å². The first-order chi connectivity index (χ1) is 31.1. The predicted molar refractivity (Wildman–Crippen MR) is 277 cm³/mol. The van der Waals surface area contributed by atoms with Gasteiger partial charge in [-0.2, -0.15) is 0 Å². The molecule has 2 aromatic heterocycles. The Morgan fingerprint density at radius 1 is 0.365 bits per heavy atom. The maximum absolute atomic E-state index is 2.58. The number of rotatable bonds is 6. The van der Waals surface area contributed by atoms with E-state index < -0.39 is 0 Å². The van der Waals surface area contributed by atoms with Gasteiger partial charge >= 0.3 is 0 Å². The number of fused-ring (bicyclic) bond motifs is 14. The van der Waals surface area contributed by atoms with E-state index in [1.165, 1.54) is 129 Å². The lowest BCUT2D eigenvalue weighted by Gasteiger charge is -2.42. The number of thiophene rings is 2. The van der Waals surface area contributed by atoms with Crippen molar-refractivity contribution in [2.24, 2.45) is 0 Å². The molecule has 4 heterocycles. The Morgan fingerprint density at radius 3 is 1.32 bits per heavy atom. The van der Waals surface area contributed by atoms with E-state index >= 15 is 0 Å². The zero-order valence-electron chi connectivity index (χ0n) is 35.6. The molecule has 0 saturated heterocycles. The summed E-state index contributed by atoms with van der Waals surface area (Å²) in [5.74, 6) is 0. The lowest BCUT2D eigenvalue weighted by Crippen LogP contribution is -2.60. The van der Waals surface area contributed by atoms with Crippen molar-refractivity contribution in [3.63, 3.8) is 0 Å². The van der Waals surface area contributed by atoms with Gasteiger partial charge in [0.1, 0.15) is 0 Å². The molecule has 0 atom stereocenters. The Bertz CT molecular complexity index is 3620. The van der Waals surface area contributed by atoms with Crippen molar-refractivity contribution in [1.29, 1.82) is 0 Å². The highest BCUT2D eigenvalue weighted by Crippen LogP contribution is 2.50. The fourth-order valence-corrected chi connectivity index (χ4v) is 13.3. The summed E-state index contributed by atoms with van der Waals surface area (Å²) in [6.45, 7) is 6.88. The minimum absolute atomic E-state index is 0.0908. The van der Waals surface area contributed by atoms with Gasteiger partial charge in [0.25, 0.3) is 6.71 Å². The summed E-state index contributed by atoms with van der Waals surface area (Å²) in [5, 5.41) is 13.2. The van der Waals surface area contributed by atoms with E-state index in [1.807, 2.05) is 22.7 Å². The lowest BCUT2D eigenvalue weighted by molar-refractivity contribution is 1.14. The van der Waals surface area contributed by atoms with Crippen LogP contribution in [0.25, 0.3) is 63.6 Å².